The molecule has 0 aliphatic heterocycles. The molecule has 0 aliphatic rings. The van der Waals surface area contributed by atoms with Crippen LogP contribution in [0.5, 0.6) is 5.75 Å². The molecule has 0 radical (unpaired) electrons. The zero-order chi connectivity index (χ0) is 13.8. The maximum absolute atomic E-state index is 12.8. The van der Waals surface area contributed by atoms with Crippen molar-refractivity contribution in [3.8, 4) is 5.75 Å². The molecular formula is C12H15F2NO3. The lowest BCUT2D eigenvalue weighted by molar-refractivity contribution is -0.125. The van der Waals surface area contributed by atoms with Crippen molar-refractivity contribution in [2.45, 2.75) is 19.4 Å². The SMILES string of the molecule is CC(C)(CO)NC(=O)COc1cc(F)cc(F)c1. The molecule has 0 aliphatic carbocycles. The van der Waals surface area contributed by atoms with Gasteiger partial charge in [0.05, 0.1) is 12.1 Å². The van der Waals surface area contributed by atoms with Gasteiger partial charge in [-0.1, -0.05) is 0 Å². The summed E-state index contributed by atoms with van der Waals surface area (Å²) in [4.78, 5) is 11.4. The summed E-state index contributed by atoms with van der Waals surface area (Å²) in [6, 6.07) is 2.67. The largest absolute Gasteiger partial charge is 0.484 e. The Balaban J connectivity index is 2.52. The minimum absolute atomic E-state index is 0.0653. The Morgan fingerprint density at radius 2 is 1.89 bits per heavy atom. The van der Waals surface area contributed by atoms with E-state index < -0.39 is 23.1 Å². The Bertz CT molecular complexity index is 415. The van der Waals surface area contributed by atoms with Gasteiger partial charge in [-0.05, 0) is 13.8 Å². The third-order valence-electron chi connectivity index (χ3n) is 2.08. The molecule has 100 valence electrons. The summed E-state index contributed by atoms with van der Waals surface area (Å²) in [5, 5.41) is 11.5. The molecule has 0 bridgehead atoms. The van der Waals surface area contributed by atoms with Gasteiger partial charge < -0.3 is 15.2 Å². The van der Waals surface area contributed by atoms with Gasteiger partial charge in [-0.3, -0.25) is 4.79 Å². The van der Waals surface area contributed by atoms with E-state index in [1.54, 1.807) is 13.8 Å². The fourth-order valence-electron chi connectivity index (χ4n) is 1.21. The Morgan fingerprint density at radius 3 is 2.39 bits per heavy atom. The second-order valence-corrected chi connectivity index (χ2v) is 4.48. The number of carbonyl (C=O) groups excluding carboxylic acids is 1. The Morgan fingerprint density at radius 1 is 1.33 bits per heavy atom. The van der Waals surface area contributed by atoms with Gasteiger partial charge in [-0.25, -0.2) is 8.78 Å². The van der Waals surface area contributed by atoms with Crippen molar-refractivity contribution in [1.29, 1.82) is 0 Å². The fraction of sp³-hybridized carbons (Fsp3) is 0.417. The summed E-state index contributed by atoms with van der Waals surface area (Å²) in [5.74, 6) is -2.11. The molecule has 0 aromatic heterocycles. The topological polar surface area (TPSA) is 58.6 Å². The third-order valence-corrected chi connectivity index (χ3v) is 2.08. The molecule has 1 rings (SSSR count). The molecule has 1 aromatic rings. The average Bonchev–Trinajstić information content (AvgIpc) is 2.24. The maximum atomic E-state index is 12.8. The van der Waals surface area contributed by atoms with Crippen LogP contribution in [0.2, 0.25) is 0 Å². The lowest BCUT2D eigenvalue weighted by Gasteiger charge is -2.23. The average molecular weight is 259 g/mol. The number of ether oxygens (including phenoxy) is 1. The van der Waals surface area contributed by atoms with E-state index in [0.29, 0.717) is 6.07 Å². The van der Waals surface area contributed by atoms with Crippen LogP contribution in [0, 0.1) is 11.6 Å². The molecule has 1 amide bonds. The summed E-state index contributed by atoms with van der Waals surface area (Å²) < 4.78 is 30.6. The molecule has 1 aromatic carbocycles. The first-order valence-corrected chi connectivity index (χ1v) is 5.33. The number of hydrogen-bond acceptors (Lipinski definition) is 3. The van der Waals surface area contributed by atoms with Crippen LogP contribution in [0.4, 0.5) is 8.78 Å². The normalized spacial score (nSPS) is 11.2. The molecule has 2 N–H and O–H groups in total. The number of carbonyl (C=O) groups is 1. The van der Waals surface area contributed by atoms with Gasteiger partial charge in [0.2, 0.25) is 0 Å². The summed E-state index contributed by atoms with van der Waals surface area (Å²) in [6.07, 6.45) is 0. The second-order valence-electron chi connectivity index (χ2n) is 4.48. The number of amides is 1. The molecule has 0 saturated carbocycles. The fourth-order valence-corrected chi connectivity index (χ4v) is 1.21. The number of benzene rings is 1. The molecule has 4 nitrogen and oxygen atoms in total. The number of aliphatic hydroxyl groups is 1. The van der Waals surface area contributed by atoms with Crippen molar-refractivity contribution in [3.63, 3.8) is 0 Å². The lowest BCUT2D eigenvalue weighted by Crippen LogP contribution is -2.48. The molecule has 0 spiro atoms. The van der Waals surface area contributed by atoms with Crippen LogP contribution in [-0.2, 0) is 4.79 Å². The predicted octanol–water partition coefficient (Wildman–Crippen LogP) is 1.23. The van der Waals surface area contributed by atoms with Crippen LogP contribution in [-0.4, -0.2) is 29.8 Å². The van der Waals surface area contributed by atoms with Crippen LogP contribution in [0.3, 0.4) is 0 Å². The summed E-state index contributed by atoms with van der Waals surface area (Å²) in [6.45, 7) is 2.65. The standard InChI is InChI=1S/C12H15F2NO3/c1-12(2,7-16)15-11(17)6-18-10-4-8(13)3-9(14)5-10/h3-5,16H,6-7H2,1-2H3,(H,15,17). The van der Waals surface area contributed by atoms with Crippen LogP contribution < -0.4 is 10.1 Å². The number of rotatable bonds is 5. The Kier molecular flexibility index (Phi) is 4.61. The molecule has 0 heterocycles. The molecule has 0 saturated heterocycles. The monoisotopic (exact) mass is 259 g/mol. The van der Waals surface area contributed by atoms with Crippen molar-refractivity contribution in [2.75, 3.05) is 13.2 Å². The van der Waals surface area contributed by atoms with E-state index in [9.17, 15) is 13.6 Å². The zero-order valence-electron chi connectivity index (χ0n) is 10.2. The summed E-state index contributed by atoms with van der Waals surface area (Å²) in [7, 11) is 0. The minimum atomic E-state index is -0.777. The van der Waals surface area contributed by atoms with Crippen LogP contribution >= 0.6 is 0 Å². The van der Waals surface area contributed by atoms with E-state index in [-0.39, 0.29) is 19.0 Å². The molecule has 0 unspecified atom stereocenters. The Hall–Kier alpha value is -1.69. The smallest absolute Gasteiger partial charge is 0.258 e. The first-order valence-electron chi connectivity index (χ1n) is 5.33. The molecule has 0 fully saturated rings. The van der Waals surface area contributed by atoms with Crippen molar-refractivity contribution >= 4 is 5.91 Å². The van der Waals surface area contributed by atoms with Crippen LogP contribution in [0.15, 0.2) is 18.2 Å². The van der Waals surface area contributed by atoms with Crippen molar-refractivity contribution in [1.82, 2.24) is 5.32 Å². The molecular weight excluding hydrogens is 244 g/mol. The maximum Gasteiger partial charge on any atom is 0.258 e. The summed E-state index contributed by atoms with van der Waals surface area (Å²) >= 11 is 0. The van der Waals surface area contributed by atoms with Crippen molar-refractivity contribution in [3.05, 3.63) is 29.8 Å². The van der Waals surface area contributed by atoms with Gasteiger partial charge in [-0.2, -0.15) is 0 Å². The summed E-state index contributed by atoms with van der Waals surface area (Å²) in [5.41, 5.74) is -0.770. The Labute approximate surface area is 104 Å². The highest BCUT2D eigenvalue weighted by Gasteiger charge is 2.19. The zero-order valence-corrected chi connectivity index (χ0v) is 10.2. The number of hydrogen-bond donors (Lipinski definition) is 2. The molecule has 18 heavy (non-hydrogen) atoms. The van der Waals surface area contributed by atoms with E-state index in [2.05, 4.69) is 5.32 Å². The lowest BCUT2D eigenvalue weighted by atomic mass is 10.1. The molecule has 0 atom stereocenters. The van der Waals surface area contributed by atoms with Gasteiger partial charge in [0.1, 0.15) is 17.4 Å². The third kappa shape index (κ3) is 4.67. The van der Waals surface area contributed by atoms with Crippen LogP contribution in [0.1, 0.15) is 13.8 Å². The molecule has 6 heteroatoms. The highest BCUT2D eigenvalue weighted by Crippen LogP contribution is 2.15. The van der Waals surface area contributed by atoms with Crippen LogP contribution in [0.25, 0.3) is 0 Å². The van der Waals surface area contributed by atoms with Crippen molar-refractivity contribution < 1.29 is 23.4 Å². The van der Waals surface area contributed by atoms with Gasteiger partial charge in [-0.15, -0.1) is 0 Å². The highest BCUT2D eigenvalue weighted by atomic mass is 19.1. The van der Waals surface area contributed by atoms with Crippen molar-refractivity contribution in [2.24, 2.45) is 0 Å². The van der Waals surface area contributed by atoms with E-state index in [0.717, 1.165) is 12.1 Å². The number of aliphatic hydroxyl groups excluding tert-OH is 1. The first-order chi connectivity index (χ1) is 8.32. The predicted molar refractivity (Wildman–Crippen MR) is 61.2 cm³/mol. The second kappa shape index (κ2) is 5.77. The van der Waals surface area contributed by atoms with E-state index in [1.165, 1.54) is 0 Å². The van der Waals surface area contributed by atoms with E-state index in [1.807, 2.05) is 0 Å². The van der Waals surface area contributed by atoms with Gasteiger partial charge >= 0.3 is 0 Å². The first kappa shape index (κ1) is 14.4. The van der Waals surface area contributed by atoms with Gasteiger partial charge in [0.25, 0.3) is 5.91 Å². The number of nitrogens with one attached hydrogen (secondary N) is 1. The van der Waals surface area contributed by atoms with Gasteiger partial charge in [0, 0.05) is 18.2 Å². The van der Waals surface area contributed by atoms with E-state index in [4.69, 9.17) is 9.84 Å². The van der Waals surface area contributed by atoms with E-state index >= 15 is 0 Å². The number of halogens is 2. The van der Waals surface area contributed by atoms with Gasteiger partial charge in [0.15, 0.2) is 6.61 Å². The quantitative estimate of drug-likeness (QED) is 0.836. The minimum Gasteiger partial charge on any atom is -0.484 e. The highest BCUT2D eigenvalue weighted by molar-refractivity contribution is 5.78.